The Kier molecular flexibility index (Phi) is 5.17. The van der Waals surface area contributed by atoms with Gasteiger partial charge in [0.15, 0.2) is 5.69 Å². The summed E-state index contributed by atoms with van der Waals surface area (Å²) in [6, 6.07) is 14.4. The first kappa shape index (κ1) is 17.5. The number of carbonyl (C=O) groups excluding carboxylic acids is 2. The van der Waals surface area contributed by atoms with Crippen molar-refractivity contribution in [1.82, 2.24) is 15.1 Å². The van der Waals surface area contributed by atoms with Crippen LogP contribution in [0, 0.1) is 5.92 Å². The third-order valence-corrected chi connectivity index (χ3v) is 3.72. The Balaban J connectivity index is 1.85. The Bertz CT molecular complexity index is 883. The van der Waals surface area contributed by atoms with Gasteiger partial charge in [-0.2, -0.15) is 5.10 Å². The summed E-state index contributed by atoms with van der Waals surface area (Å²) in [6.07, 6.45) is 1.55. The van der Waals surface area contributed by atoms with E-state index in [1.165, 1.54) is 0 Å². The van der Waals surface area contributed by atoms with Crippen molar-refractivity contribution in [2.24, 2.45) is 5.92 Å². The Morgan fingerprint density at radius 3 is 2.58 bits per heavy atom. The van der Waals surface area contributed by atoms with E-state index in [9.17, 15) is 9.59 Å². The first-order chi connectivity index (χ1) is 12.5. The molecule has 0 atom stereocenters. The first-order valence-electron chi connectivity index (χ1n) is 8.31. The smallest absolute Gasteiger partial charge is 0.272 e. The normalized spacial score (nSPS) is 10.7. The van der Waals surface area contributed by atoms with Gasteiger partial charge >= 0.3 is 0 Å². The van der Waals surface area contributed by atoms with Gasteiger partial charge in [-0.25, -0.2) is 4.68 Å². The van der Waals surface area contributed by atoms with Gasteiger partial charge in [-0.3, -0.25) is 9.59 Å². The summed E-state index contributed by atoms with van der Waals surface area (Å²) < 4.78 is 6.74. The molecule has 1 aromatic carbocycles. The van der Waals surface area contributed by atoms with Crippen LogP contribution in [0.1, 0.15) is 30.1 Å². The average Bonchev–Trinajstić information content (AvgIpc) is 3.30. The van der Waals surface area contributed by atoms with Crippen LogP contribution in [0.15, 0.2) is 59.2 Å². The number of nitrogens with one attached hydrogen (secondary N) is 2. The number of para-hydroxylation sites is 1. The SMILES string of the molecule is CC(C)C(=O)Nc1cc(C(=O)NCc2ccco2)nn1-c1ccccc1. The molecule has 0 aliphatic heterocycles. The predicted octanol–water partition coefficient (Wildman–Crippen LogP) is 2.99. The Morgan fingerprint density at radius 1 is 1.15 bits per heavy atom. The molecular formula is C19H20N4O3. The molecule has 0 fully saturated rings. The third kappa shape index (κ3) is 4.00. The molecule has 3 rings (SSSR count). The summed E-state index contributed by atoms with van der Waals surface area (Å²) in [6.45, 7) is 3.86. The lowest BCUT2D eigenvalue weighted by molar-refractivity contribution is -0.118. The average molecular weight is 352 g/mol. The number of aromatic nitrogens is 2. The van der Waals surface area contributed by atoms with Crippen molar-refractivity contribution in [1.29, 1.82) is 0 Å². The van der Waals surface area contributed by atoms with Crippen molar-refractivity contribution < 1.29 is 14.0 Å². The van der Waals surface area contributed by atoms with Gasteiger partial charge in [-0.15, -0.1) is 0 Å². The molecule has 3 aromatic rings. The third-order valence-electron chi connectivity index (χ3n) is 3.72. The lowest BCUT2D eigenvalue weighted by atomic mass is 10.2. The molecule has 0 aliphatic rings. The lowest BCUT2D eigenvalue weighted by Gasteiger charge is -2.10. The number of carbonyl (C=O) groups is 2. The summed E-state index contributed by atoms with van der Waals surface area (Å²) in [4.78, 5) is 24.5. The van der Waals surface area contributed by atoms with E-state index in [0.717, 1.165) is 5.69 Å². The fraction of sp³-hybridized carbons (Fsp3) is 0.211. The van der Waals surface area contributed by atoms with Crippen LogP contribution in [0.4, 0.5) is 5.82 Å². The van der Waals surface area contributed by atoms with Crippen molar-refractivity contribution >= 4 is 17.6 Å². The highest BCUT2D eigenvalue weighted by Crippen LogP contribution is 2.18. The van der Waals surface area contributed by atoms with Crippen molar-refractivity contribution in [3.05, 3.63) is 66.2 Å². The summed E-state index contributed by atoms with van der Waals surface area (Å²) in [5.74, 6) is 0.401. The van der Waals surface area contributed by atoms with Crippen LogP contribution in [0.2, 0.25) is 0 Å². The highest BCUT2D eigenvalue weighted by molar-refractivity contribution is 5.96. The highest BCUT2D eigenvalue weighted by Gasteiger charge is 2.18. The predicted molar refractivity (Wildman–Crippen MR) is 96.9 cm³/mol. The van der Waals surface area contributed by atoms with Gasteiger partial charge in [0.2, 0.25) is 5.91 Å². The molecule has 7 nitrogen and oxygen atoms in total. The van der Waals surface area contributed by atoms with E-state index >= 15 is 0 Å². The maximum atomic E-state index is 12.4. The number of amides is 2. The van der Waals surface area contributed by atoms with Gasteiger partial charge in [-0.05, 0) is 24.3 Å². The van der Waals surface area contributed by atoms with Gasteiger partial charge in [0.05, 0.1) is 18.5 Å². The maximum Gasteiger partial charge on any atom is 0.272 e. The molecule has 134 valence electrons. The second kappa shape index (κ2) is 7.69. The van der Waals surface area contributed by atoms with E-state index in [-0.39, 0.29) is 30.0 Å². The zero-order valence-corrected chi connectivity index (χ0v) is 14.6. The van der Waals surface area contributed by atoms with Crippen molar-refractivity contribution in [3.63, 3.8) is 0 Å². The number of rotatable bonds is 6. The minimum atomic E-state index is -0.351. The zero-order valence-electron chi connectivity index (χ0n) is 14.6. The Labute approximate surface area is 151 Å². The molecule has 2 amide bonds. The van der Waals surface area contributed by atoms with E-state index in [1.807, 2.05) is 30.3 Å². The van der Waals surface area contributed by atoms with Crippen molar-refractivity contribution in [2.75, 3.05) is 5.32 Å². The maximum absolute atomic E-state index is 12.4. The molecule has 0 unspecified atom stereocenters. The number of anilines is 1. The van der Waals surface area contributed by atoms with Crippen LogP contribution < -0.4 is 10.6 Å². The molecule has 0 aliphatic carbocycles. The van der Waals surface area contributed by atoms with Crippen LogP contribution in [0.5, 0.6) is 0 Å². The van der Waals surface area contributed by atoms with E-state index in [1.54, 1.807) is 43.0 Å². The van der Waals surface area contributed by atoms with Crippen LogP contribution >= 0.6 is 0 Å². The highest BCUT2D eigenvalue weighted by atomic mass is 16.3. The van der Waals surface area contributed by atoms with Crippen molar-refractivity contribution in [3.8, 4) is 5.69 Å². The van der Waals surface area contributed by atoms with Gasteiger partial charge in [0.25, 0.3) is 5.91 Å². The van der Waals surface area contributed by atoms with Gasteiger partial charge < -0.3 is 15.1 Å². The molecule has 0 radical (unpaired) electrons. The summed E-state index contributed by atoms with van der Waals surface area (Å²) in [7, 11) is 0. The van der Waals surface area contributed by atoms with E-state index in [4.69, 9.17) is 4.42 Å². The van der Waals surface area contributed by atoms with E-state index in [2.05, 4.69) is 15.7 Å². The standard InChI is InChI=1S/C19H20N4O3/c1-13(2)18(24)21-17-11-16(19(25)20-12-15-9-6-10-26-15)22-23(17)14-7-4-3-5-8-14/h3-11,13H,12H2,1-2H3,(H,20,25)(H,21,24). The lowest BCUT2D eigenvalue weighted by Crippen LogP contribution is -2.23. The number of hydrogen-bond acceptors (Lipinski definition) is 4. The second-order valence-corrected chi connectivity index (χ2v) is 6.07. The number of benzene rings is 1. The molecule has 0 saturated heterocycles. The topological polar surface area (TPSA) is 89.2 Å². The van der Waals surface area contributed by atoms with Crippen molar-refractivity contribution in [2.45, 2.75) is 20.4 Å². The van der Waals surface area contributed by atoms with E-state index in [0.29, 0.717) is 11.6 Å². The minimum absolute atomic E-state index is 0.148. The largest absolute Gasteiger partial charge is 0.467 e. The molecule has 0 saturated carbocycles. The van der Waals surface area contributed by atoms with Crippen LogP contribution in [0.25, 0.3) is 5.69 Å². The molecule has 26 heavy (non-hydrogen) atoms. The Morgan fingerprint density at radius 2 is 1.92 bits per heavy atom. The number of furan rings is 1. The second-order valence-electron chi connectivity index (χ2n) is 6.07. The van der Waals surface area contributed by atoms with E-state index < -0.39 is 0 Å². The van der Waals surface area contributed by atoms with Crippen LogP contribution in [-0.4, -0.2) is 21.6 Å². The molecule has 2 heterocycles. The number of nitrogens with zero attached hydrogens (tertiary/aromatic N) is 2. The van der Waals surface area contributed by atoms with Gasteiger partial charge in [0.1, 0.15) is 11.6 Å². The zero-order chi connectivity index (χ0) is 18.5. The summed E-state index contributed by atoms with van der Waals surface area (Å²) in [5, 5.41) is 9.92. The quantitative estimate of drug-likeness (QED) is 0.714. The molecule has 0 spiro atoms. The monoisotopic (exact) mass is 352 g/mol. The number of hydrogen-bond donors (Lipinski definition) is 2. The molecule has 2 N–H and O–H groups in total. The Hall–Kier alpha value is -3.35. The van der Waals surface area contributed by atoms with Gasteiger partial charge in [-0.1, -0.05) is 32.0 Å². The fourth-order valence-electron chi connectivity index (χ4n) is 2.29. The molecule has 2 aromatic heterocycles. The minimum Gasteiger partial charge on any atom is -0.467 e. The molecular weight excluding hydrogens is 332 g/mol. The van der Waals surface area contributed by atoms with Gasteiger partial charge in [0, 0.05) is 12.0 Å². The fourth-order valence-corrected chi connectivity index (χ4v) is 2.29. The van der Waals surface area contributed by atoms with Crippen LogP contribution in [0.3, 0.4) is 0 Å². The van der Waals surface area contributed by atoms with Crippen LogP contribution in [-0.2, 0) is 11.3 Å². The molecule has 0 bridgehead atoms. The summed E-state index contributed by atoms with van der Waals surface area (Å²) >= 11 is 0. The first-order valence-corrected chi connectivity index (χ1v) is 8.31. The molecule has 7 heteroatoms. The summed E-state index contributed by atoms with van der Waals surface area (Å²) in [5.41, 5.74) is 0.955.